The standard InChI is InChI=1S/C23H25NO3/c1-3-4-5-6-15-26-21-13-11-19(12-14-21)22-16-24-23(27-22)20-9-7-18(8-10-20)17(2)25/h7-14,16H,3-6,15H2,1-2H3. The van der Waals surface area contributed by atoms with Gasteiger partial charge in [0, 0.05) is 16.7 Å². The summed E-state index contributed by atoms with van der Waals surface area (Å²) in [6.07, 6.45) is 6.50. The third-order valence-corrected chi connectivity index (χ3v) is 4.45. The number of aromatic nitrogens is 1. The van der Waals surface area contributed by atoms with Crippen LogP contribution in [0.3, 0.4) is 0 Å². The molecular formula is C23H25NO3. The van der Waals surface area contributed by atoms with Crippen molar-refractivity contribution in [3.8, 4) is 28.5 Å². The van der Waals surface area contributed by atoms with Crippen molar-refractivity contribution in [2.45, 2.75) is 39.5 Å². The molecule has 4 nitrogen and oxygen atoms in total. The highest BCUT2D eigenvalue weighted by atomic mass is 16.5. The molecule has 1 aromatic heterocycles. The van der Waals surface area contributed by atoms with Crippen LogP contribution in [0, 0.1) is 0 Å². The van der Waals surface area contributed by atoms with Gasteiger partial charge in [-0.25, -0.2) is 4.98 Å². The minimum absolute atomic E-state index is 0.0438. The Morgan fingerprint density at radius 2 is 1.67 bits per heavy atom. The van der Waals surface area contributed by atoms with Crippen molar-refractivity contribution in [1.29, 1.82) is 0 Å². The number of rotatable bonds is 9. The third kappa shape index (κ3) is 5.07. The van der Waals surface area contributed by atoms with Crippen molar-refractivity contribution >= 4 is 5.78 Å². The molecule has 0 radical (unpaired) electrons. The number of ether oxygens (including phenoxy) is 1. The van der Waals surface area contributed by atoms with E-state index in [2.05, 4.69) is 11.9 Å². The Morgan fingerprint density at radius 3 is 2.33 bits per heavy atom. The van der Waals surface area contributed by atoms with Crippen LogP contribution in [0.25, 0.3) is 22.8 Å². The van der Waals surface area contributed by atoms with Crippen molar-refractivity contribution in [1.82, 2.24) is 4.98 Å². The second-order valence-corrected chi connectivity index (χ2v) is 6.60. The SMILES string of the molecule is CCCCCCOc1ccc(-c2cnc(-c3ccc(C(C)=O)cc3)o2)cc1. The lowest BCUT2D eigenvalue weighted by Gasteiger charge is -2.06. The van der Waals surface area contributed by atoms with E-state index in [1.165, 1.54) is 19.3 Å². The minimum atomic E-state index is 0.0438. The molecule has 0 aliphatic carbocycles. The molecule has 1 heterocycles. The van der Waals surface area contributed by atoms with Gasteiger partial charge in [-0.3, -0.25) is 4.79 Å². The fourth-order valence-corrected chi connectivity index (χ4v) is 2.82. The van der Waals surface area contributed by atoms with Gasteiger partial charge >= 0.3 is 0 Å². The van der Waals surface area contributed by atoms with Gasteiger partial charge in [-0.15, -0.1) is 0 Å². The quantitative estimate of drug-likeness (QED) is 0.337. The summed E-state index contributed by atoms with van der Waals surface area (Å²) in [5, 5.41) is 0. The van der Waals surface area contributed by atoms with E-state index in [4.69, 9.17) is 9.15 Å². The maximum atomic E-state index is 11.4. The summed E-state index contributed by atoms with van der Waals surface area (Å²) in [5.74, 6) is 2.16. The monoisotopic (exact) mass is 363 g/mol. The van der Waals surface area contributed by atoms with Gasteiger partial charge in [0.15, 0.2) is 11.5 Å². The van der Waals surface area contributed by atoms with Gasteiger partial charge < -0.3 is 9.15 Å². The molecule has 27 heavy (non-hydrogen) atoms. The van der Waals surface area contributed by atoms with Crippen LogP contribution in [0.2, 0.25) is 0 Å². The number of oxazole rings is 1. The number of ketones is 1. The van der Waals surface area contributed by atoms with E-state index in [0.717, 1.165) is 29.9 Å². The summed E-state index contributed by atoms with van der Waals surface area (Å²) in [7, 11) is 0. The van der Waals surface area contributed by atoms with Crippen molar-refractivity contribution in [2.24, 2.45) is 0 Å². The zero-order valence-corrected chi connectivity index (χ0v) is 15.9. The molecule has 0 bridgehead atoms. The molecule has 0 spiro atoms. The molecule has 0 saturated carbocycles. The van der Waals surface area contributed by atoms with Gasteiger partial charge in [0.1, 0.15) is 5.75 Å². The van der Waals surface area contributed by atoms with E-state index < -0.39 is 0 Å². The van der Waals surface area contributed by atoms with Gasteiger partial charge in [-0.05, 0) is 49.7 Å². The van der Waals surface area contributed by atoms with E-state index in [1.807, 2.05) is 36.4 Å². The number of carbonyl (C=O) groups is 1. The molecule has 0 amide bonds. The summed E-state index contributed by atoms with van der Waals surface area (Å²) in [5.41, 5.74) is 2.47. The normalized spacial score (nSPS) is 10.7. The first-order valence-corrected chi connectivity index (χ1v) is 9.48. The molecule has 0 atom stereocenters. The van der Waals surface area contributed by atoms with Gasteiger partial charge in [0.2, 0.25) is 5.89 Å². The fraction of sp³-hybridized carbons (Fsp3) is 0.304. The molecule has 3 aromatic rings. The predicted molar refractivity (Wildman–Crippen MR) is 107 cm³/mol. The van der Waals surface area contributed by atoms with E-state index in [1.54, 1.807) is 25.3 Å². The van der Waals surface area contributed by atoms with Crippen LogP contribution in [0.15, 0.2) is 59.1 Å². The lowest BCUT2D eigenvalue weighted by atomic mass is 10.1. The Hall–Kier alpha value is -2.88. The first kappa shape index (κ1) is 18.9. The molecule has 0 aliphatic heterocycles. The highest BCUT2D eigenvalue weighted by molar-refractivity contribution is 5.94. The molecule has 0 fully saturated rings. The second kappa shape index (κ2) is 9.17. The Balaban J connectivity index is 1.63. The van der Waals surface area contributed by atoms with Crippen molar-refractivity contribution < 1.29 is 13.9 Å². The van der Waals surface area contributed by atoms with E-state index in [0.29, 0.717) is 17.2 Å². The predicted octanol–water partition coefficient (Wildman–Crippen LogP) is 6.17. The average Bonchev–Trinajstić information content (AvgIpc) is 3.18. The van der Waals surface area contributed by atoms with Crippen molar-refractivity contribution in [2.75, 3.05) is 6.61 Å². The summed E-state index contributed by atoms with van der Waals surface area (Å²) in [6, 6.07) is 15.1. The molecule has 2 aromatic carbocycles. The maximum Gasteiger partial charge on any atom is 0.226 e. The van der Waals surface area contributed by atoms with Gasteiger partial charge in [0.05, 0.1) is 12.8 Å². The van der Waals surface area contributed by atoms with Crippen LogP contribution >= 0.6 is 0 Å². The van der Waals surface area contributed by atoms with Crippen LogP contribution in [-0.4, -0.2) is 17.4 Å². The maximum absolute atomic E-state index is 11.4. The fourth-order valence-electron chi connectivity index (χ4n) is 2.82. The van der Waals surface area contributed by atoms with Crippen LogP contribution in [0.4, 0.5) is 0 Å². The summed E-state index contributed by atoms with van der Waals surface area (Å²) < 4.78 is 11.7. The van der Waals surface area contributed by atoms with E-state index in [-0.39, 0.29) is 5.78 Å². The number of hydrogen-bond acceptors (Lipinski definition) is 4. The summed E-state index contributed by atoms with van der Waals surface area (Å²) >= 11 is 0. The largest absolute Gasteiger partial charge is 0.494 e. The van der Waals surface area contributed by atoms with Crippen LogP contribution < -0.4 is 4.74 Å². The van der Waals surface area contributed by atoms with Crippen molar-refractivity contribution in [3.05, 3.63) is 60.3 Å². The third-order valence-electron chi connectivity index (χ3n) is 4.45. The van der Waals surface area contributed by atoms with Crippen LogP contribution in [0.5, 0.6) is 5.75 Å². The smallest absolute Gasteiger partial charge is 0.226 e. The Morgan fingerprint density at radius 1 is 0.963 bits per heavy atom. The van der Waals surface area contributed by atoms with Gasteiger partial charge in [0.25, 0.3) is 0 Å². The number of Topliss-reactive ketones (excluding diaryl/α,β-unsaturated/α-hetero) is 1. The average molecular weight is 363 g/mol. The second-order valence-electron chi connectivity index (χ2n) is 6.60. The summed E-state index contributed by atoms with van der Waals surface area (Å²) in [4.78, 5) is 15.7. The molecule has 4 heteroatoms. The number of carbonyl (C=O) groups excluding carboxylic acids is 1. The Kier molecular flexibility index (Phi) is 6.42. The zero-order chi connectivity index (χ0) is 19.1. The number of nitrogens with zero attached hydrogens (tertiary/aromatic N) is 1. The molecule has 0 aliphatic rings. The first-order valence-electron chi connectivity index (χ1n) is 9.48. The van der Waals surface area contributed by atoms with E-state index in [9.17, 15) is 4.79 Å². The molecule has 0 unspecified atom stereocenters. The molecule has 140 valence electrons. The molecule has 3 rings (SSSR count). The molecular weight excluding hydrogens is 338 g/mol. The lowest BCUT2D eigenvalue weighted by molar-refractivity contribution is 0.101. The highest BCUT2D eigenvalue weighted by Gasteiger charge is 2.09. The Labute approximate surface area is 160 Å². The number of unbranched alkanes of at least 4 members (excludes halogenated alkanes) is 3. The van der Waals surface area contributed by atoms with Crippen LogP contribution in [-0.2, 0) is 0 Å². The van der Waals surface area contributed by atoms with E-state index >= 15 is 0 Å². The summed E-state index contributed by atoms with van der Waals surface area (Å²) in [6.45, 7) is 4.51. The minimum Gasteiger partial charge on any atom is -0.494 e. The molecule has 0 N–H and O–H groups in total. The van der Waals surface area contributed by atoms with Crippen molar-refractivity contribution in [3.63, 3.8) is 0 Å². The number of hydrogen-bond donors (Lipinski definition) is 0. The topological polar surface area (TPSA) is 52.3 Å². The highest BCUT2D eigenvalue weighted by Crippen LogP contribution is 2.27. The van der Waals surface area contributed by atoms with Crippen LogP contribution in [0.1, 0.15) is 49.9 Å². The van der Waals surface area contributed by atoms with Gasteiger partial charge in [-0.1, -0.05) is 38.3 Å². The lowest BCUT2D eigenvalue weighted by Crippen LogP contribution is -1.96. The zero-order valence-electron chi connectivity index (χ0n) is 15.9. The first-order chi connectivity index (χ1) is 13.2. The number of benzene rings is 2. The Bertz CT molecular complexity index is 863. The van der Waals surface area contributed by atoms with Gasteiger partial charge in [-0.2, -0.15) is 0 Å². The molecule has 0 saturated heterocycles.